The molecule has 0 radical (unpaired) electrons. The number of carbonyl (C=O) groups excluding carboxylic acids is 1. The highest BCUT2D eigenvalue weighted by Crippen LogP contribution is 2.10. The topological polar surface area (TPSA) is 91.6 Å². The minimum Gasteiger partial charge on any atom is -0.366 e. The Kier molecular flexibility index (Phi) is 3.00. The Morgan fingerprint density at radius 3 is 2.60 bits per heavy atom. The van der Waals surface area contributed by atoms with Gasteiger partial charge in [-0.3, -0.25) is 4.79 Å². The smallest absolute Gasteiger partial charge is 0.251 e. The predicted octanol–water partition coefficient (Wildman–Crippen LogP) is 0.611. The number of rotatable bonds is 4. The van der Waals surface area contributed by atoms with Gasteiger partial charge >= 0.3 is 0 Å². The van der Waals surface area contributed by atoms with E-state index in [2.05, 4.69) is 15.2 Å². The van der Waals surface area contributed by atoms with Crippen LogP contribution in [0.2, 0.25) is 0 Å². The maximum Gasteiger partial charge on any atom is 0.251 e. The molecule has 2 N–H and O–H groups in total. The summed E-state index contributed by atoms with van der Waals surface area (Å²) in [6, 6.07) is 7.79. The van der Waals surface area contributed by atoms with Crippen LogP contribution in [0.4, 0.5) is 0 Å². The van der Waals surface area contributed by atoms with Crippen LogP contribution in [-0.2, 0) is 6.54 Å². The van der Waals surface area contributed by atoms with Crippen LogP contribution in [0.3, 0.4) is 0 Å². The molecule has 0 unspecified atom stereocenters. The molecule has 1 aromatic carbocycles. The van der Waals surface area contributed by atoms with E-state index in [0.29, 0.717) is 12.1 Å². The second-order valence-corrected chi connectivity index (χ2v) is 4.30. The van der Waals surface area contributed by atoms with Crippen molar-refractivity contribution in [1.29, 1.82) is 0 Å². The van der Waals surface area contributed by atoms with Gasteiger partial charge in [0, 0.05) is 6.20 Å². The number of carbonyl (C=O) groups is 1. The molecule has 0 aliphatic rings. The molecule has 0 fully saturated rings. The van der Waals surface area contributed by atoms with Crippen molar-refractivity contribution in [2.45, 2.75) is 6.54 Å². The maximum absolute atomic E-state index is 11.0. The average Bonchev–Trinajstić information content (AvgIpc) is 3.10. The van der Waals surface area contributed by atoms with Gasteiger partial charge in [0.25, 0.3) is 5.91 Å². The minimum atomic E-state index is -0.487. The van der Waals surface area contributed by atoms with E-state index in [-0.39, 0.29) is 0 Å². The van der Waals surface area contributed by atoms with Gasteiger partial charge in [-0.05, 0) is 17.7 Å². The van der Waals surface area contributed by atoms with Gasteiger partial charge in [0.2, 0.25) is 0 Å². The number of hydrogen-bond acceptors (Lipinski definition) is 4. The predicted molar refractivity (Wildman–Crippen MR) is 71.2 cm³/mol. The van der Waals surface area contributed by atoms with Gasteiger partial charge in [-0.1, -0.05) is 12.1 Å². The molecule has 3 rings (SSSR count). The molecule has 0 saturated heterocycles. The van der Waals surface area contributed by atoms with Crippen LogP contribution in [0.15, 0.2) is 49.3 Å². The summed E-state index contributed by atoms with van der Waals surface area (Å²) in [5.74, 6) is -0.487. The van der Waals surface area contributed by atoms with E-state index in [1.807, 2.05) is 24.3 Å². The summed E-state index contributed by atoms with van der Waals surface area (Å²) in [5, 5.41) is 8.15. The normalized spacial score (nSPS) is 10.6. The molecule has 3 aromatic rings. The molecule has 20 heavy (non-hydrogen) atoms. The van der Waals surface area contributed by atoms with Gasteiger partial charge < -0.3 is 5.73 Å². The highest BCUT2D eigenvalue weighted by atomic mass is 16.1. The third-order valence-electron chi connectivity index (χ3n) is 2.88. The first-order valence-corrected chi connectivity index (χ1v) is 5.98. The Labute approximate surface area is 114 Å². The van der Waals surface area contributed by atoms with Gasteiger partial charge in [0.05, 0.1) is 24.0 Å². The highest BCUT2D eigenvalue weighted by Gasteiger charge is 2.05. The lowest BCUT2D eigenvalue weighted by Crippen LogP contribution is -2.09. The largest absolute Gasteiger partial charge is 0.366 e. The van der Waals surface area contributed by atoms with Crippen molar-refractivity contribution in [3.63, 3.8) is 0 Å². The molecule has 7 nitrogen and oxygen atoms in total. The lowest BCUT2D eigenvalue weighted by atomic mass is 10.2. The monoisotopic (exact) mass is 268 g/mol. The zero-order chi connectivity index (χ0) is 13.9. The van der Waals surface area contributed by atoms with Crippen molar-refractivity contribution in [1.82, 2.24) is 24.5 Å². The van der Waals surface area contributed by atoms with Crippen LogP contribution in [-0.4, -0.2) is 30.5 Å². The Bertz CT molecular complexity index is 714. The number of benzene rings is 1. The fraction of sp³-hybridized carbons (Fsp3) is 0.0769. The van der Waals surface area contributed by atoms with E-state index in [0.717, 1.165) is 11.3 Å². The third-order valence-corrected chi connectivity index (χ3v) is 2.88. The number of primary amides is 1. The molecule has 2 aromatic heterocycles. The van der Waals surface area contributed by atoms with E-state index in [1.165, 1.54) is 12.5 Å². The molecule has 0 atom stereocenters. The van der Waals surface area contributed by atoms with E-state index >= 15 is 0 Å². The van der Waals surface area contributed by atoms with Gasteiger partial charge in [-0.15, -0.1) is 0 Å². The van der Waals surface area contributed by atoms with Crippen LogP contribution in [0.25, 0.3) is 5.69 Å². The summed E-state index contributed by atoms with van der Waals surface area (Å²) in [7, 11) is 0. The fourth-order valence-corrected chi connectivity index (χ4v) is 1.85. The van der Waals surface area contributed by atoms with Gasteiger partial charge in [-0.2, -0.15) is 10.2 Å². The summed E-state index contributed by atoms with van der Waals surface area (Å²) >= 11 is 0. The fourth-order valence-electron chi connectivity index (χ4n) is 1.85. The van der Waals surface area contributed by atoms with Crippen molar-refractivity contribution < 1.29 is 4.79 Å². The standard InChI is InChI=1S/C13H12N6O/c14-13(20)11-5-16-19(7-11)12-3-1-10(2-4-12)6-18-9-15-8-17-18/h1-5,7-9H,6H2,(H2,14,20). The Morgan fingerprint density at radius 1 is 1.20 bits per heavy atom. The Morgan fingerprint density at radius 2 is 2.00 bits per heavy atom. The molecule has 0 bridgehead atoms. The first-order valence-electron chi connectivity index (χ1n) is 5.98. The van der Waals surface area contributed by atoms with Crippen LogP contribution in [0, 0.1) is 0 Å². The van der Waals surface area contributed by atoms with Crippen LogP contribution < -0.4 is 5.73 Å². The van der Waals surface area contributed by atoms with Crippen molar-refractivity contribution in [3.05, 3.63) is 60.4 Å². The number of nitrogens with zero attached hydrogens (tertiary/aromatic N) is 5. The summed E-state index contributed by atoms with van der Waals surface area (Å²) in [6.07, 6.45) is 6.23. The van der Waals surface area contributed by atoms with Crippen molar-refractivity contribution in [2.75, 3.05) is 0 Å². The zero-order valence-electron chi connectivity index (χ0n) is 10.5. The number of amides is 1. The second-order valence-electron chi connectivity index (χ2n) is 4.30. The van der Waals surface area contributed by atoms with E-state index in [9.17, 15) is 4.79 Å². The van der Waals surface area contributed by atoms with E-state index in [4.69, 9.17) is 5.73 Å². The number of aromatic nitrogens is 5. The van der Waals surface area contributed by atoms with Gasteiger partial charge in [0.1, 0.15) is 12.7 Å². The number of hydrogen-bond donors (Lipinski definition) is 1. The lowest BCUT2D eigenvalue weighted by Gasteiger charge is -2.04. The molecule has 0 saturated carbocycles. The van der Waals surface area contributed by atoms with E-state index in [1.54, 1.807) is 21.9 Å². The quantitative estimate of drug-likeness (QED) is 0.750. The molecule has 7 heteroatoms. The molecule has 100 valence electrons. The molecular weight excluding hydrogens is 256 g/mol. The summed E-state index contributed by atoms with van der Waals surface area (Å²) in [4.78, 5) is 14.9. The second kappa shape index (κ2) is 4.96. The Hall–Kier alpha value is -2.96. The van der Waals surface area contributed by atoms with E-state index < -0.39 is 5.91 Å². The van der Waals surface area contributed by atoms with Crippen molar-refractivity contribution in [2.24, 2.45) is 5.73 Å². The minimum absolute atomic E-state index is 0.386. The zero-order valence-corrected chi connectivity index (χ0v) is 10.5. The van der Waals surface area contributed by atoms with Crippen LogP contribution in [0.1, 0.15) is 15.9 Å². The molecule has 0 aliphatic heterocycles. The maximum atomic E-state index is 11.0. The average molecular weight is 268 g/mol. The Balaban J connectivity index is 1.79. The lowest BCUT2D eigenvalue weighted by molar-refractivity contribution is 0.100. The van der Waals surface area contributed by atoms with Crippen LogP contribution in [0.5, 0.6) is 0 Å². The van der Waals surface area contributed by atoms with Crippen molar-refractivity contribution >= 4 is 5.91 Å². The third kappa shape index (κ3) is 2.41. The molecule has 1 amide bonds. The highest BCUT2D eigenvalue weighted by molar-refractivity contribution is 5.92. The van der Waals surface area contributed by atoms with Crippen molar-refractivity contribution in [3.8, 4) is 5.69 Å². The summed E-state index contributed by atoms with van der Waals surface area (Å²) in [5.41, 5.74) is 7.54. The van der Waals surface area contributed by atoms with Gasteiger partial charge in [0.15, 0.2) is 0 Å². The summed E-state index contributed by atoms with van der Waals surface area (Å²) < 4.78 is 3.35. The molecular formula is C13H12N6O. The molecule has 2 heterocycles. The first-order chi connectivity index (χ1) is 9.72. The first kappa shape index (κ1) is 12.1. The summed E-state index contributed by atoms with van der Waals surface area (Å²) in [6.45, 7) is 0.659. The van der Waals surface area contributed by atoms with Crippen LogP contribution >= 0.6 is 0 Å². The molecule has 0 spiro atoms. The SMILES string of the molecule is NC(=O)c1cnn(-c2ccc(Cn3cncn3)cc2)c1. The number of nitrogens with two attached hydrogens (primary N) is 1. The van der Waals surface area contributed by atoms with Gasteiger partial charge in [-0.25, -0.2) is 14.3 Å². The molecule has 0 aliphatic carbocycles.